The van der Waals surface area contributed by atoms with Crippen LogP contribution in [0.3, 0.4) is 0 Å². The van der Waals surface area contributed by atoms with Gasteiger partial charge in [0, 0.05) is 43.5 Å². The predicted molar refractivity (Wildman–Crippen MR) is 97.9 cm³/mol. The molecule has 1 saturated heterocycles. The number of halogens is 2. The van der Waals surface area contributed by atoms with Crippen LogP contribution in [0, 0.1) is 11.6 Å². The summed E-state index contributed by atoms with van der Waals surface area (Å²) in [4.78, 5) is 16.4. The van der Waals surface area contributed by atoms with Crippen molar-refractivity contribution in [2.45, 2.75) is 13.0 Å². The van der Waals surface area contributed by atoms with Crippen LogP contribution in [0.1, 0.15) is 18.5 Å². The van der Waals surface area contributed by atoms with Crippen molar-refractivity contribution in [3.8, 4) is 0 Å². The van der Waals surface area contributed by atoms with Gasteiger partial charge in [-0.2, -0.15) is 0 Å². The molecule has 1 aliphatic rings. The summed E-state index contributed by atoms with van der Waals surface area (Å²) < 4.78 is 26.9. The molecule has 1 atom stereocenters. The third-order valence-corrected chi connectivity index (χ3v) is 4.81. The van der Waals surface area contributed by atoms with Gasteiger partial charge in [0.15, 0.2) is 0 Å². The van der Waals surface area contributed by atoms with E-state index in [1.807, 2.05) is 19.1 Å². The van der Waals surface area contributed by atoms with Crippen molar-refractivity contribution in [2.75, 3.05) is 38.0 Å². The van der Waals surface area contributed by atoms with Crippen LogP contribution in [0.5, 0.6) is 0 Å². The number of hydrogen-bond donors (Lipinski definition) is 1. The summed E-state index contributed by atoms with van der Waals surface area (Å²) in [6.45, 7) is 5.35. The number of nitrogens with one attached hydrogen (secondary N) is 1. The quantitative estimate of drug-likeness (QED) is 0.890. The van der Waals surface area contributed by atoms with Crippen LogP contribution in [0.25, 0.3) is 0 Å². The average Bonchev–Trinajstić information content (AvgIpc) is 2.64. The lowest BCUT2D eigenvalue weighted by Crippen LogP contribution is -2.49. The first-order valence-electron chi connectivity index (χ1n) is 8.79. The van der Waals surface area contributed by atoms with E-state index in [0.717, 1.165) is 26.2 Å². The Hall–Kier alpha value is -2.31. The normalized spacial score (nSPS) is 17.0. The molecule has 3 rings (SSSR count). The van der Waals surface area contributed by atoms with E-state index < -0.39 is 0 Å². The summed E-state index contributed by atoms with van der Waals surface area (Å²) in [5.74, 6) is -0.628. The van der Waals surface area contributed by atoms with Gasteiger partial charge in [-0.1, -0.05) is 18.2 Å². The van der Waals surface area contributed by atoms with Gasteiger partial charge in [-0.3, -0.25) is 14.6 Å². The summed E-state index contributed by atoms with van der Waals surface area (Å²) in [7, 11) is 0. The average molecular weight is 359 g/mol. The largest absolute Gasteiger partial charge is 0.325 e. The van der Waals surface area contributed by atoms with Crippen LogP contribution >= 0.6 is 0 Å². The molecule has 1 heterocycles. The molecule has 6 heteroatoms. The summed E-state index contributed by atoms with van der Waals surface area (Å²) in [6, 6.07) is 12.6. The molecule has 26 heavy (non-hydrogen) atoms. The van der Waals surface area contributed by atoms with E-state index in [1.165, 1.54) is 18.2 Å². The Bertz CT molecular complexity index is 743. The zero-order valence-corrected chi connectivity index (χ0v) is 14.8. The number of nitrogens with zero attached hydrogens (tertiary/aromatic N) is 2. The number of hydrogen-bond acceptors (Lipinski definition) is 3. The fraction of sp³-hybridized carbons (Fsp3) is 0.350. The Kier molecular flexibility index (Phi) is 5.96. The lowest BCUT2D eigenvalue weighted by atomic mass is 10.1. The first-order valence-corrected chi connectivity index (χ1v) is 8.79. The Labute approximate surface area is 152 Å². The molecule has 0 saturated carbocycles. The maximum absolute atomic E-state index is 14.0. The number of rotatable bonds is 5. The fourth-order valence-electron chi connectivity index (χ4n) is 3.26. The second-order valence-corrected chi connectivity index (χ2v) is 6.56. The molecule has 1 unspecified atom stereocenters. The zero-order chi connectivity index (χ0) is 18.5. The summed E-state index contributed by atoms with van der Waals surface area (Å²) >= 11 is 0. The van der Waals surface area contributed by atoms with E-state index >= 15 is 0 Å². The van der Waals surface area contributed by atoms with Crippen LogP contribution < -0.4 is 5.32 Å². The van der Waals surface area contributed by atoms with E-state index in [2.05, 4.69) is 15.1 Å². The minimum atomic E-state index is -0.330. The molecular weight excluding hydrogens is 336 g/mol. The maximum Gasteiger partial charge on any atom is 0.238 e. The van der Waals surface area contributed by atoms with Crippen LogP contribution in [0.2, 0.25) is 0 Å². The van der Waals surface area contributed by atoms with Crippen molar-refractivity contribution in [1.29, 1.82) is 0 Å². The minimum Gasteiger partial charge on any atom is -0.325 e. The third-order valence-electron chi connectivity index (χ3n) is 4.81. The minimum absolute atomic E-state index is 0.00592. The summed E-state index contributed by atoms with van der Waals surface area (Å²) in [6.07, 6.45) is 0. The summed E-state index contributed by atoms with van der Waals surface area (Å²) in [5, 5.41) is 2.77. The monoisotopic (exact) mass is 359 g/mol. The lowest BCUT2D eigenvalue weighted by Gasteiger charge is -2.38. The Morgan fingerprint density at radius 2 is 1.69 bits per heavy atom. The van der Waals surface area contributed by atoms with Gasteiger partial charge in [0.1, 0.15) is 11.6 Å². The van der Waals surface area contributed by atoms with Gasteiger partial charge in [-0.05, 0) is 37.3 Å². The lowest BCUT2D eigenvalue weighted by molar-refractivity contribution is -0.117. The molecule has 0 radical (unpaired) electrons. The van der Waals surface area contributed by atoms with Gasteiger partial charge in [0.05, 0.1) is 6.54 Å². The molecular formula is C20H23F2N3O. The number of benzene rings is 2. The molecule has 2 aromatic rings. The highest BCUT2D eigenvalue weighted by Gasteiger charge is 2.24. The van der Waals surface area contributed by atoms with Gasteiger partial charge >= 0.3 is 0 Å². The summed E-state index contributed by atoms with van der Waals surface area (Å²) in [5.41, 5.74) is 1.29. The second kappa shape index (κ2) is 8.38. The van der Waals surface area contributed by atoms with Crippen molar-refractivity contribution in [1.82, 2.24) is 9.80 Å². The fourth-order valence-corrected chi connectivity index (χ4v) is 3.26. The van der Waals surface area contributed by atoms with Crippen molar-refractivity contribution >= 4 is 11.6 Å². The highest BCUT2D eigenvalue weighted by atomic mass is 19.1. The van der Waals surface area contributed by atoms with Crippen LogP contribution in [-0.4, -0.2) is 48.4 Å². The third kappa shape index (κ3) is 4.65. The van der Waals surface area contributed by atoms with Crippen LogP contribution in [0.15, 0.2) is 48.5 Å². The molecule has 1 aliphatic heterocycles. The smallest absolute Gasteiger partial charge is 0.238 e. The number of anilines is 1. The van der Waals surface area contributed by atoms with E-state index in [4.69, 9.17) is 0 Å². The van der Waals surface area contributed by atoms with E-state index in [1.54, 1.807) is 18.2 Å². The second-order valence-electron chi connectivity index (χ2n) is 6.56. The van der Waals surface area contributed by atoms with Gasteiger partial charge in [-0.25, -0.2) is 8.78 Å². The van der Waals surface area contributed by atoms with Crippen molar-refractivity contribution < 1.29 is 13.6 Å². The van der Waals surface area contributed by atoms with E-state index in [9.17, 15) is 13.6 Å². The van der Waals surface area contributed by atoms with Crippen molar-refractivity contribution in [2.24, 2.45) is 0 Å². The molecule has 1 amide bonds. The van der Waals surface area contributed by atoms with Crippen molar-refractivity contribution in [3.05, 3.63) is 65.7 Å². The topological polar surface area (TPSA) is 35.6 Å². The number of amides is 1. The van der Waals surface area contributed by atoms with Crippen LogP contribution in [-0.2, 0) is 4.79 Å². The standard InChI is InChI=1S/C20H23F2N3O/c1-15(18-4-2-3-5-19(18)22)25-12-10-24(11-13-25)14-20(26)23-17-8-6-16(21)7-9-17/h2-9,15H,10-14H2,1H3,(H,23,26). The highest BCUT2D eigenvalue weighted by molar-refractivity contribution is 5.92. The number of carbonyl (C=O) groups is 1. The first-order chi connectivity index (χ1) is 12.5. The van der Waals surface area contributed by atoms with E-state index in [-0.39, 0.29) is 23.6 Å². The molecule has 0 spiro atoms. The molecule has 4 nitrogen and oxygen atoms in total. The molecule has 2 aromatic carbocycles. The SMILES string of the molecule is CC(c1ccccc1F)N1CCN(CC(=O)Nc2ccc(F)cc2)CC1. The Morgan fingerprint density at radius 1 is 1.04 bits per heavy atom. The predicted octanol–water partition coefficient (Wildman–Crippen LogP) is 3.28. The zero-order valence-electron chi connectivity index (χ0n) is 14.8. The maximum atomic E-state index is 14.0. The van der Waals surface area contributed by atoms with Crippen molar-refractivity contribution in [3.63, 3.8) is 0 Å². The van der Waals surface area contributed by atoms with Gasteiger partial charge in [0.2, 0.25) is 5.91 Å². The molecule has 0 aromatic heterocycles. The van der Waals surface area contributed by atoms with Crippen LogP contribution in [0.4, 0.5) is 14.5 Å². The van der Waals surface area contributed by atoms with Gasteiger partial charge in [0.25, 0.3) is 0 Å². The number of piperazine rings is 1. The molecule has 0 bridgehead atoms. The Morgan fingerprint density at radius 3 is 2.35 bits per heavy atom. The molecule has 1 fully saturated rings. The van der Waals surface area contributed by atoms with Gasteiger partial charge in [-0.15, -0.1) is 0 Å². The van der Waals surface area contributed by atoms with E-state index in [0.29, 0.717) is 17.8 Å². The highest BCUT2D eigenvalue weighted by Crippen LogP contribution is 2.23. The molecule has 1 N–H and O–H groups in total. The molecule has 0 aliphatic carbocycles. The Balaban J connectivity index is 1.48. The van der Waals surface area contributed by atoms with Gasteiger partial charge < -0.3 is 5.32 Å². The first kappa shape index (κ1) is 18.5. The number of carbonyl (C=O) groups excluding carboxylic acids is 1. The molecule has 138 valence electrons.